The molecule has 1 fully saturated rings. The van der Waals surface area contributed by atoms with Gasteiger partial charge in [-0.15, -0.1) is 0 Å². The lowest BCUT2D eigenvalue weighted by Crippen LogP contribution is -2.33. The van der Waals surface area contributed by atoms with Crippen LogP contribution in [0.4, 0.5) is 14.9 Å². The largest absolute Gasteiger partial charge is 0.442 e. The lowest BCUT2D eigenvalue weighted by atomic mass is 10.0. The van der Waals surface area contributed by atoms with E-state index in [4.69, 9.17) is 4.74 Å². The number of cyclic esters (lactones) is 1. The molecule has 0 aliphatic carbocycles. The molecule has 36 heavy (non-hydrogen) atoms. The number of benzene rings is 3. The maximum absolute atomic E-state index is 15.0. The highest BCUT2D eigenvalue weighted by molar-refractivity contribution is 7.88. The Labute approximate surface area is 209 Å². The average molecular weight is 512 g/mol. The minimum Gasteiger partial charge on any atom is -0.442 e. The van der Waals surface area contributed by atoms with Crippen LogP contribution < -0.4 is 14.9 Å². The Morgan fingerprint density at radius 1 is 1.06 bits per heavy atom. The molecule has 0 unspecified atom stereocenters. The molecule has 0 radical (unpaired) electrons. The average Bonchev–Trinajstić information content (AvgIpc) is 3.23. The molecule has 1 atom stereocenters. The zero-order valence-corrected chi connectivity index (χ0v) is 20.4. The second kappa shape index (κ2) is 10.9. The van der Waals surface area contributed by atoms with Crippen LogP contribution >= 0.6 is 0 Å². The third kappa shape index (κ3) is 6.46. The van der Waals surface area contributed by atoms with Crippen molar-refractivity contribution in [2.75, 3.05) is 18.0 Å². The first-order valence-corrected chi connectivity index (χ1v) is 13.0. The SMILES string of the molecule is CC(=O)NC[C@H]1CN(c2ccc(-c3ccc(CS(=O)(=O)NCc4ccccc4)cc3)c(F)c2)C(=O)O1. The molecular weight excluding hydrogens is 485 g/mol. The highest BCUT2D eigenvalue weighted by Crippen LogP contribution is 2.29. The highest BCUT2D eigenvalue weighted by Gasteiger charge is 2.32. The first kappa shape index (κ1) is 25.3. The van der Waals surface area contributed by atoms with Gasteiger partial charge in [0.15, 0.2) is 0 Å². The number of hydrogen-bond donors (Lipinski definition) is 2. The summed E-state index contributed by atoms with van der Waals surface area (Å²) in [6, 6.07) is 20.3. The van der Waals surface area contributed by atoms with E-state index in [1.807, 2.05) is 30.3 Å². The number of hydrogen-bond acceptors (Lipinski definition) is 5. The van der Waals surface area contributed by atoms with Crippen molar-refractivity contribution in [1.29, 1.82) is 0 Å². The molecule has 10 heteroatoms. The van der Waals surface area contributed by atoms with Crippen molar-refractivity contribution >= 4 is 27.7 Å². The van der Waals surface area contributed by atoms with Gasteiger partial charge >= 0.3 is 6.09 Å². The summed E-state index contributed by atoms with van der Waals surface area (Å²) in [5, 5.41) is 2.60. The summed E-state index contributed by atoms with van der Waals surface area (Å²) in [7, 11) is -3.55. The Bertz CT molecular complexity index is 1350. The second-order valence-corrected chi connectivity index (χ2v) is 10.3. The number of carbonyl (C=O) groups is 2. The molecule has 2 N–H and O–H groups in total. The van der Waals surface area contributed by atoms with Crippen molar-refractivity contribution < 1.29 is 27.1 Å². The molecule has 0 bridgehead atoms. The number of nitrogens with zero attached hydrogens (tertiary/aromatic N) is 1. The van der Waals surface area contributed by atoms with Crippen molar-refractivity contribution in [3.05, 3.63) is 89.7 Å². The topological polar surface area (TPSA) is 105 Å². The quantitative estimate of drug-likeness (QED) is 0.457. The van der Waals surface area contributed by atoms with Gasteiger partial charge in [-0.05, 0) is 34.9 Å². The predicted molar refractivity (Wildman–Crippen MR) is 134 cm³/mol. The second-order valence-electron chi connectivity index (χ2n) is 8.48. The van der Waals surface area contributed by atoms with Crippen molar-refractivity contribution in [1.82, 2.24) is 10.0 Å². The molecular formula is C26H26FN3O5S. The lowest BCUT2D eigenvalue weighted by molar-refractivity contribution is -0.119. The Balaban J connectivity index is 1.40. The summed E-state index contributed by atoms with van der Waals surface area (Å²) in [6.45, 7) is 1.95. The maximum Gasteiger partial charge on any atom is 0.414 e. The van der Waals surface area contributed by atoms with Crippen LogP contribution in [0.2, 0.25) is 0 Å². The number of rotatable bonds is 9. The monoisotopic (exact) mass is 511 g/mol. The molecule has 3 aromatic carbocycles. The third-order valence-electron chi connectivity index (χ3n) is 5.68. The smallest absolute Gasteiger partial charge is 0.414 e. The van der Waals surface area contributed by atoms with Gasteiger partial charge in [-0.1, -0.05) is 54.6 Å². The number of nitrogens with one attached hydrogen (secondary N) is 2. The summed E-state index contributed by atoms with van der Waals surface area (Å²) >= 11 is 0. The van der Waals surface area contributed by atoms with E-state index in [2.05, 4.69) is 10.0 Å². The Morgan fingerprint density at radius 2 is 1.78 bits per heavy atom. The van der Waals surface area contributed by atoms with Crippen molar-refractivity contribution in [2.45, 2.75) is 25.3 Å². The van der Waals surface area contributed by atoms with E-state index < -0.39 is 28.0 Å². The van der Waals surface area contributed by atoms with E-state index >= 15 is 0 Å². The third-order valence-corrected chi connectivity index (χ3v) is 6.98. The summed E-state index contributed by atoms with van der Waals surface area (Å²) in [4.78, 5) is 24.6. The fourth-order valence-corrected chi connectivity index (χ4v) is 4.96. The zero-order chi connectivity index (χ0) is 25.7. The molecule has 8 nitrogen and oxygen atoms in total. The first-order valence-electron chi connectivity index (χ1n) is 11.3. The van der Waals surface area contributed by atoms with Crippen molar-refractivity contribution in [3.8, 4) is 11.1 Å². The zero-order valence-electron chi connectivity index (χ0n) is 19.6. The van der Waals surface area contributed by atoms with Gasteiger partial charge < -0.3 is 10.1 Å². The molecule has 1 saturated heterocycles. The standard InChI is InChI=1S/C26H26FN3O5S/c1-18(31)28-15-23-16-30(26(32)35-23)22-11-12-24(25(27)13-22)21-9-7-20(8-10-21)17-36(33,34)29-14-19-5-3-2-4-6-19/h2-13,23,29H,14-17H2,1H3,(H,28,31)/t23-/m0/s1. The van der Waals surface area contributed by atoms with Gasteiger partial charge in [0.05, 0.1) is 24.5 Å². The minimum atomic E-state index is -3.55. The molecule has 3 aromatic rings. The molecule has 0 spiro atoms. The Kier molecular flexibility index (Phi) is 7.66. The van der Waals surface area contributed by atoms with E-state index in [9.17, 15) is 22.4 Å². The van der Waals surface area contributed by atoms with E-state index in [1.165, 1.54) is 17.9 Å². The van der Waals surface area contributed by atoms with Gasteiger partial charge in [-0.2, -0.15) is 0 Å². The van der Waals surface area contributed by atoms with Crippen LogP contribution in [-0.4, -0.2) is 39.6 Å². The minimum absolute atomic E-state index is 0.183. The summed E-state index contributed by atoms with van der Waals surface area (Å²) in [6.07, 6.45) is -1.13. The molecule has 188 valence electrons. The number of sulfonamides is 1. The van der Waals surface area contributed by atoms with E-state index in [0.717, 1.165) is 5.56 Å². The van der Waals surface area contributed by atoms with Crippen LogP contribution in [0.1, 0.15) is 18.1 Å². The van der Waals surface area contributed by atoms with Gasteiger partial charge in [0, 0.05) is 19.0 Å². The van der Waals surface area contributed by atoms with Gasteiger partial charge in [0.2, 0.25) is 15.9 Å². The highest BCUT2D eigenvalue weighted by atomic mass is 32.2. The van der Waals surface area contributed by atoms with Crippen LogP contribution in [0.25, 0.3) is 11.1 Å². The molecule has 1 aliphatic heterocycles. The number of carbonyl (C=O) groups excluding carboxylic acids is 2. The lowest BCUT2D eigenvalue weighted by Gasteiger charge is -2.15. The van der Waals surface area contributed by atoms with E-state index in [-0.39, 0.29) is 31.3 Å². The first-order chi connectivity index (χ1) is 17.2. The van der Waals surface area contributed by atoms with Crippen LogP contribution in [-0.2, 0) is 31.9 Å². The summed E-state index contributed by atoms with van der Waals surface area (Å²) in [5.74, 6) is -0.958. The number of ether oxygens (including phenoxy) is 1. The normalized spacial score (nSPS) is 15.6. The van der Waals surface area contributed by atoms with E-state index in [1.54, 1.807) is 36.4 Å². The van der Waals surface area contributed by atoms with Gasteiger partial charge in [0.1, 0.15) is 11.9 Å². The number of halogens is 1. The van der Waals surface area contributed by atoms with Crippen molar-refractivity contribution in [3.63, 3.8) is 0 Å². The number of anilines is 1. The van der Waals surface area contributed by atoms with Gasteiger partial charge in [0.25, 0.3) is 0 Å². The van der Waals surface area contributed by atoms with Crippen LogP contribution in [0, 0.1) is 5.82 Å². The van der Waals surface area contributed by atoms with Gasteiger partial charge in [-0.3, -0.25) is 9.69 Å². The summed E-state index contributed by atoms with van der Waals surface area (Å²) in [5.41, 5.74) is 2.67. The fourth-order valence-electron chi connectivity index (χ4n) is 3.84. The van der Waals surface area contributed by atoms with E-state index in [0.29, 0.717) is 22.4 Å². The van der Waals surface area contributed by atoms with Crippen molar-refractivity contribution in [2.24, 2.45) is 0 Å². The molecule has 2 amide bonds. The molecule has 1 aliphatic rings. The molecule has 1 heterocycles. The van der Waals surface area contributed by atoms with Gasteiger partial charge in [-0.25, -0.2) is 22.3 Å². The van der Waals surface area contributed by atoms with Crippen LogP contribution in [0.3, 0.4) is 0 Å². The maximum atomic E-state index is 15.0. The van der Waals surface area contributed by atoms with Crippen LogP contribution in [0.5, 0.6) is 0 Å². The molecule has 4 rings (SSSR count). The number of amides is 2. The fraction of sp³-hybridized carbons (Fsp3) is 0.231. The predicted octanol–water partition coefficient (Wildman–Crippen LogP) is 3.57. The molecule has 0 saturated carbocycles. The molecule has 0 aromatic heterocycles. The van der Waals surface area contributed by atoms with Crippen LogP contribution in [0.15, 0.2) is 72.8 Å². The summed E-state index contributed by atoms with van der Waals surface area (Å²) < 4.78 is 47.6. The Hall–Kier alpha value is -3.76. The Morgan fingerprint density at radius 3 is 2.44 bits per heavy atom.